The van der Waals surface area contributed by atoms with Gasteiger partial charge in [-0.15, -0.1) is 0 Å². The predicted molar refractivity (Wildman–Crippen MR) is 129 cm³/mol. The first-order valence-electron chi connectivity index (χ1n) is 12.0. The normalized spacial score (nSPS) is 14.3. The van der Waals surface area contributed by atoms with E-state index in [0.717, 1.165) is 5.56 Å². The van der Waals surface area contributed by atoms with E-state index in [1.807, 2.05) is 12.1 Å². The first-order chi connectivity index (χ1) is 16.1. The highest BCUT2D eigenvalue weighted by molar-refractivity contribution is 5.96. The maximum atomic E-state index is 12.2. The van der Waals surface area contributed by atoms with Crippen molar-refractivity contribution in [2.24, 2.45) is 0 Å². The van der Waals surface area contributed by atoms with Gasteiger partial charge < -0.3 is 25.6 Å². The van der Waals surface area contributed by atoms with E-state index < -0.39 is 0 Å². The van der Waals surface area contributed by atoms with E-state index in [9.17, 15) is 19.2 Å². The second kappa shape index (κ2) is 13.0. The minimum absolute atomic E-state index is 0.00746. The largest absolute Gasteiger partial charge is 0.450 e. The number of rotatable bonds is 9. The van der Waals surface area contributed by atoms with E-state index in [1.165, 1.54) is 0 Å². The lowest BCUT2D eigenvalue weighted by Gasteiger charge is -2.31. The molecule has 0 saturated carbocycles. The van der Waals surface area contributed by atoms with Crippen molar-refractivity contribution in [1.29, 1.82) is 0 Å². The fraction of sp³-hybridized carbons (Fsp3) is 0.600. The minimum atomic E-state index is -0.308. The van der Waals surface area contributed by atoms with Gasteiger partial charge in [-0.25, -0.2) is 4.79 Å². The number of piperidine rings is 1. The van der Waals surface area contributed by atoms with Gasteiger partial charge in [0.25, 0.3) is 5.91 Å². The molecule has 0 aromatic heterocycles. The van der Waals surface area contributed by atoms with Crippen LogP contribution in [0.15, 0.2) is 24.3 Å². The third-order valence-corrected chi connectivity index (χ3v) is 5.71. The van der Waals surface area contributed by atoms with Crippen molar-refractivity contribution in [3.8, 4) is 0 Å². The summed E-state index contributed by atoms with van der Waals surface area (Å²) < 4.78 is 4.99. The minimum Gasteiger partial charge on any atom is -0.450 e. The fourth-order valence-corrected chi connectivity index (χ4v) is 3.64. The Kier molecular flexibility index (Phi) is 10.3. The summed E-state index contributed by atoms with van der Waals surface area (Å²) in [6, 6.07) is 7.40. The quantitative estimate of drug-likeness (QED) is 0.475. The molecular weight excluding hydrogens is 436 g/mol. The molecule has 1 saturated heterocycles. The van der Waals surface area contributed by atoms with Crippen LogP contribution in [0.3, 0.4) is 0 Å². The molecule has 1 fully saturated rings. The van der Waals surface area contributed by atoms with Crippen LogP contribution in [0, 0.1) is 0 Å². The predicted octanol–water partition coefficient (Wildman–Crippen LogP) is 2.35. The Morgan fingerprint density at radius 3 is 2.24 bits per heavy atom. The van der Waals surface area contributed by atoms with Gasteiger partial charge in [0.2, 0.25) is 11.8 Å². The first-order valence-corrected chi connectivity index (χ1v) is 12.0. The van der Waals surface area contributed by atoms with Crippen LogP contribution in [0.2, 0.25) is 0 Å². The van der Waals surface area contributed by atoms with Crippen molar-refractivity contribution in [1.82, 2.24) is 20.9 Å². The van der Waals surface area contributed by atoms with Crippen molar-refractivity contribution in [2.45, 2.75) is 64.8 Å². The van der Waals surface area contributed by atoms with Gasteiger partial charge >= 0.3 is 6.09 Å². The molecule has 9 heteroatoms. The summed E-state index contributed by atoms with van der Waals surface area (Å²) in [6.07, 6.45) is 1.88. The number of benzene rings is 1. The van der Waals surface area contributed by atoms with Crippen molar-refractivity contribution >= 4 is 23.8 Å². The fourth-order valence-electron chi connectivity index (χ4n) is 3.64. The smallest absolute Gasteiger partial charge is 0.409 e. The molecule has 1 heterocycles. The maximum Gasteiger partial charge on any atom is 0.409 e. The van der Waals surface area contributed by atoms with E-state index in [1.54, 1.807) is 24.0 Å². The molecule has 0 spiro atoms. The van der Waals surface area contributed by atoms with Gasteiger partial charge in [-0.1, -0.05) is 32.9 Å². The summed E-state index contributed by atoms with van der Waals surface area (Å²) in [5.74, 6) is -0.675. The Hall–Kier alpha value is -3.10. The van der Waals surface area contributed by atoms with Gasteiger partial charge in [0.1, 0.15) is 0 Å². The summed E-state index contributed by atoms with van der Waals surface area (Å²) in [4.78, 5) is 49.7. The molecule has 1 aliphatic heterocycles. The van der Waals surface area contributed by atoms with Crippen LogP contribution in [-0.2, 0) is 19.7 Å². The van der Waals surface area contributed by atoms with E-state index in [-0.39, 0.29) is 41.8 Å². The van der Waals surface area contributed by atoms with Gasteiger partial charge in [0.15, 0.2) is 0 Å². The molecule has 0 atom stereocenters. The molecule has 188 valence electrons. The average molecular weight is 475 g/mol. The van der Waals surface area contributed by atoms with E-state index in [0.29, 0.717) is 57.5 Å². The number of hydrogen-bond acceptors (Lipinski definition) is 5. The lowest BCUT2D eigenvalue weighted by Crippen LogP contribution is -2.46. The summed E-state index contributed by atoms with van der Waals surface area (Å²) in [6.45, 7) is 9.79. The second-order valence-corrected chi connectivity index (χ2v) is 9.49. The summed E-state index contributed by atoms with van der Waals surface area (Å²) >= 11 is 0. The number of nitrogens with one attached hydrogen (secondary N) is 3. The second-order valence-electron chi connectivity index (χ2n) is 9.49. The summed E-state index contributed by atoms with van der Waals surface area (Å²) in [5.41, 5.74) is 1.64. The topological polar surface area (TPSA) is 117 Å². The molecule has 1 aromatic carbocycles. The average Bonchev–Trinajstić information content (AvgIpc) is 2.80. The molecule has 9 nitrogen and oxygen atoms in total. The molecule has 1 aliphatic rings. The van der Waals surface area contributed by atoms with Crippen molar-refractivity contribution < 1.29 is 23.9 Å². The molecule has 0 bridgehead atoms. The summed E-state index contributed by atoms with van der Waals surface area (Å²) in [5, 5.41) is 8.31. The van der Waals surface area contributed by atoms with E-state index in [2.05, 4.69) is 36.7 Å². The van der Waals surface area contributed by atoms with E-state index >= 15 is 0 Å². The number of nitrogens with zero attached hydrogens (tertiary/aromatic N) is 1. The van der Waals surface area contributed by atoms with Crippen LogP contribution < -0.4 is 16.0 Å². The first kappa shape index (κ1) is 27.1. The van der Waals surface area contributed by atoms with Crippen LogP contribution in [0.1, 0.15) is 69.3 Å². The Bertz CT molecular complexity index is 840. The molecular formula is C25H38N4O5. The molecule has 0 aliphatic carbocycles. The maximum absolute atomic E-state index is 12.2. The van der Waals surface area contributed by atoms with Gasteiger partial charge in [-0.3, -0.25) is 14.4 Å². The zero-order chi connectivity index (χ0) is 25.1. The van der Waals surface area contributed by atoms with E-state index in [4.69, 9.17) is 4.74 Å². The van der Waals surface area contributed by atoms with Crippen LogP contribution >= 0.6 is 0 Å². The number of amides is 4. The number of carbonyl (C=O) groups is 4. The van der Waals surface area contributed by atoms with Crippen molar-refractivity contribution in [3.63, 3.8) is 0 Å². The molecule has 2 rings (SSSR count). The number of hydrogen-bond donors (Lipinski definition) is 3. The zero-order valence-electron chi connectivity index (χ0n) is 20.7. The number of likely N-dealkylation sites (tertiary alicyclic amines) is 1. The highest BCUT2D eigenvalue weighted by atomic mass is 16.6. The highest BCUT2D eigenvalue weighted by Crippen LogP contribution is 2.22. The molecule has 3 N–H and O–H groups in total. The van der Waals surface area contributed by atoms with Gasteiger partial charge in [0, 0.05) is 37.7 Å². The highest BCUT2D eigenvalue weighted by Gasteiger charge is 2.24. The monoisotopic (exact) mass is 474 g/mol. The molecule has 0 unspecified atom stereocenters. The molecule has 0 radical (unpaired) electrons. The number of ether oxygens (including phenoxy) is 1. The Labute approximate surface area is 202 Å². The van der Waals surface area contributed by atoms with Gasteiger partial charge in [0.05, 0.1) is 13.2 Å². The Balaban J connectivity index is 1.58. The SMILES string of the molecule is CCOC(=O)N1CCC(NC(=O)CCCNC(=O)CNC(=O)c2ccc(C(C)(C)C)cc2)CC1. The lowest BCUT2D eigenvalue weighted by molar-refractivity contribution is -0.123. The third-order valence-electron chi connectivity index (χ3n) is 5.71. The van der Waals surface area contributed by atoms with Gasteiger partial charge in [-0.05, 0) is 49.3 Å². The summed E-state index contributed by atoms with van der Waals surface area (Å²) in [7, 11) is 0. The van der Waals surface area contributed by atoms with Crippen LogP contribution in [0.4, 0.5) is 4.79 Å². The van der Waals surface area contributed by atoms with Gasteiger partial charge in [-0.2, -0.15) is 0 Å². The Morgan fingerprint density at radius 1 is 1.00 bits per heavy atom. The molecule has 34 heavy (non-hydrogen) atoms. The van der Waals surface area contributed by atoms with Crippen molar-refractivity contribution in [2.75, 3.05) is 32.8 Å². The lowest BCUT2D eigenvalue weighted by atomic mass is 9.87. The number of carbonyl (C=O) groups excluding carboxylic acids is 4. The standard InChI is InChI=1S/C25H38N4O5/c1-5-34-24(33)29-15-12-20(13-16-29)28-21(30)7-6-14-26-22(31)17-27-23(32)18-8-10-19(11-9-18)25(2,3)4/h8-11,20H,5-7,12-17H2,1-4H3,(H,26,31)(H,27,32)(H,28,30). The third kappa shape index (κ3) is 9.03. The van der Waals surface area contributed by atoms with Crippen LogP contribution in [0.5, 0.6) is 0 Å². The molecule has 1 aromatic rings. The zero-order valence-corrected chi connectivity index (χ0v) is 20.7. The van der Waals surface area contributed by atoms with Crippen LogP contribution in [-0.4, -0.2) is 67.5 Å². The molecule has 4 amide bonds. The Morgan fingerprint density at radius 2 is 1.65 bits per heavy atom. The van der Waals surface area contributed by atoms with Crippen LogP contribution in [0.25, 0.3) is 0 Å². The van der Waals surface area contributed by atoms with Crippen molar-refractivity contribution in [3.05, 3.63) is 35.4 Å².